The second-order valence-electron chi connectivity index (χ2n) is 7.82. The first kappa shape index (κ1) is 18.4. The summed E-state index contributed by atoms with van der Waals surface area (Å²) in [7, 11) is 2.24. The summed E-state index contributed by atoms with van der Waals surface area (Å²) in [5.74, 6) is 2.78. The standard InChI is InChI=1S/C21H31N5O/c1-3-9-24(2)15-17-8-10-26(16-17)21-20(25-11-13-27-14-12-25)22-18-6-4-5-7-19(18)23-21/h4-7,17H,3,8-16H2,1-2H3. The molecule has 1 atom stereocenters. The van der Waals surface area contributed by atoms with Gasteiger partial charge in [0.15, 0.2) is 11.6 Å². The third kappa shape index (κ3) is 4.17. The topological polar surface area (TPSA) is 44.7 Å². The summed E-state index contributed by atoms with van der Waals surface area (Å²) < 4.78 is 5.55. The lowest BCUT2D eigenvalue weighted by atomic mass is 10.1. The maximum absolute atomic E-state index is 5.55. The van der Waals surface area contributed by atoms with Crippen molar-refractivity contribution in [3.63, 3.8) is 0 Å². The molecule has 0 saturated carbocycles. The number of anilines is 2. The quantitative estimate of drug-likeness (QED) is 0.780. The molecule has 0 N–H and O–H groups in total. The van der Waals surface area contributed by atoms with E-state index >= 15 is 0 Å². The van der Waals surface area contributed by atoms with Crippen LogP contribution < -0.4 is 9.80 Å². The number of para-hydroxylation sites is 2. The normalized spacial score (nSPS) is 20.8. The molecule has 3 heterocycles. The van der Waals surface area contributed by atoms with Crippen LogP contribution >= 0.6 is 0 Å². The lowest BCUT2D eigenvalue weighted by Crippen LogP contribution is -2.38. The molecule has 0 radical (unpaired) electrons. The van der Waals surface area contributed by atoms with Crippen molar-refractivity contribution < 1.29 is 4.74 Å². The number of nitrogens with zero attached hydrogens (tertiary/aromatic N) is 5. The second-order valence-corrected chi connectivity index (χ2v) is 7.82. The van der Waals surface area contributed by atoms with Crippen molar-refractivity contribution in [3.05, 3.63) is 24.3 Å². The Labute approximate surface area is 162 Å². The number of ether oxygens (including phenoxy) is 1. The lowest BCUT2D eigenvalue weighted by Gasteiger charge is -2.31. The van der Waals surface area contributed by atoms with Crippen molar-refractivity contribution in [3.8, 4) is 0 Å². The smallest absolute Gasteiger partial charge is 0.172 e. The average molecular weight is 370 g/mol. The van der Waals surface area contributed by atoms with Crippen molar-refractivity contribution in [2.75, 3.05) is 69.3 Å². The van der Waals surface area contributed by atoms with Gasteiger partial charge in [-0.15, -0.1) is 0 Å². The van der Waals surface area contributed by atoms with Gasteiger partial charge in [-0.2, -0.15) is 0 Å². The van der Waals surface area contributed by atoms with E-state index in [-0.39, 0.29) is 0 Å². The monoisotopic (exact) mass is 369 g/mol. The first-order chi connectivity index (χ1) is 13.2. The van der Waals surface area contributed by atoms with Gasteiger partial charge < -0.3 is 19.4 Å². The van der Waals surface area contributed by atoms with Crippen molar-refractivity contribution in [2.45, 2.75) is 19.8 Å². The molecule has 2 aliphatic heterocycles. The summed E-state index contributed by atoms with van der Waals surface area (Å²) in [5, 5.41) is 0. The van der Waals surface area contributed by atoms with E-state index in [0.717, 1.165) is 68.6 Å². The summed E-state index contributed by atoms with van der Waals surface area (Å²) in [6.07, 6.45) is 2.44. The molecular formula is C21H31N5O. The van der Waals surface area contributed by atoms with Gasteiger partial charge in [-0.1, -0.05) is 19.1 Å². The van der Waals surface area contributed by atoms with Crippen molar-refractivity contribution in [1.82, 2.24) is 14.9 Å². The van der Waals surface area contributed by atoms with E-state index in [9.17, 15) is 0 Å². The zero-order chi connectivity index (χ0) is 18.6. The third-order valence-corrected chi connectivity index (χ3v) is 5.61. The molecule has 2 aromatic rings. The van der Waals surface area contributed by atoms with Crippen LogP contribution in [0.4, 0.5) is 11.6 Å². The van der Waals surface area contributed by atoms with E-state index in [1.807, 2.05) is 12.1 Å². The van der Waals surface area contributed by atoms with Gasteiger partial charge in [0.2, 0.25) is 0 Å². The predicted octanol–water partition coefficient (Wildman–Crippen LogP) is 2.63. The Kier molecular flexibility index (Phi) is 5.74. The molecule has 0 spiro atoms. The Morgan fingerprint density at radius 3 is 2.37 bits per heavy atom. The lowest BCUT2D eigenvalue weighted by molar-refractivity contribution is 0.122. The molecule has 0 aliphatic carbocycles. The SMILES string of the molecule is CCCN(C)CC1CCN(c2nc3ccccc3nc2N2CCOCC2)C1. The molecule has 6 nitrogen and oxygen atoms in total. The van der Waals surface area contributed by atoms with Gasteiger partial charge in [0.05, 0.1) is 24.2 Å². The van der Waals surface area contributed by atoms with Crippen molar-refractivity contribution >= 4 is 22.7 Å². The Hall–Kier alpha value is -1.92. The summed E-state index contributed by atoms with van der Waals surface area (Å²) in [5.41, 5.74) is 1.96. The molecule has 1 aromatic carbocycles. The van der Waals surface area contributed by atoms with E-state index in [4.69, 9.17) is 14.7 Å². The number of hydrogen-bond donors (Lipinski definition) is 0. The van der Waals surface area contributed by atoms with Crippen LogP contribution in [0.5, 0.6) is 0 Å². The minimum absolute atomic E-state index is 0.701. The van der Waals surface area contributed by atoms with E-state index in [0.29, 0.717) is 5.92 Å². The number of rotatable bonds is 6. The third-order valence-electron chi connectivity index (χ3n) is 5.61. The average Bonchev–Trinajstić information content (AvgIpc) is 3.16. The van der Waals surface area contributed by atoms with E-state index < -0.39 is 0 Å². The number of fused-ring (bicyclic) bond motifs is 1. The van der Waals surface area contributed by atoms with Gasteiger partial charge in [-0.25, -0.2) is 9.97 Å². The highest BCUT2D eigenvalue weighted by Gasteiger charge is 2.29. The fourth-order valence-corrected chi connectivity index (χ4v) is 4.27. The molecule has 2 saturated heterocycles. The van der Waals surface area contributed by atoms with Crippen molar-refractivity contribution in [1.29, 1.82) is 0 Å². The molecule has 2 aliphatic rings. The highest BCUT2D eigenvalue weighted by atomic mass is 16.5. The van der Waals surface area contributed by atoms with Crippen LogP contribution in [0.25, 0.3) is 11.0 Å². The summed E-state index contributed by atoms with van der Waals surface area (Å²) in [4.78, 5) is 17.3. The molecule has 1 aromatic heterocycles. The summed E-state index contributed by atoms with van der Waals surface area (Å²) in [6.45, 7) is 10.0. The van der Waals surface area contributed by atoms with Gasteiger partial charge in [0.1, 0.15) is 0 Å². The van der Waals surface area contributed by atoms with E-state index in [1.54, 1.807) is 0 Å². The van der Waals surface area contributed by atoms with E-state index in [1.165, 1.54) is 19.4 Å². The summed E-state index contributed by atoms with van der Waals surface area (Å²) in [6, 6.07) is 8.21. The number of hydrogen-bond acceptors (Lipinski definition) is 6. The largest absolute Gasteiger partial charge is 0.378 e. The van der Waals surface area contributed by atoms with Crippen LogP contribution in [0.3, 0.4) is 0 Å². The first-order valence-electron chi connectivity index (χ1n) is 10.3. The van der Waals surface area contributed by atoms with Gasteiger partial charge in [0.25, 0.3) is 0 Å². The molecule has 2 fully saturated rings. The first-order valence-corrected chi connectivity index (χ1v) is 10.3. The Morgan fingerprint density at radius 2 is 1.70 bits per heavy atom. The number of aromatic nitrogens is 2. The second kappa shape index (κ2) is 8.40. The number of morpholine rings is 1. The zero-order valence-corrected chi connectivity index (χ0v) is 16.6. The van der Waals surface area contributed by atoms with Crippen LogP contribution in [0, 0.1) is 5.92 Å². The van der Waals surface area contributed by atoms with Gasteiger partial charge in [-0.3, -0.25) is 0 Å². The molecule has 1 unspecified atom stereocenters. The Bertz CT molecular complexity index is 761. The van der Waals surface area contributed by atoms with Crippen LogP contribution in [0.1, 0.15) is 19.8 Å². The van der Waals surface area contributed by atoms with Gasteiger partial charge >= 0.3 is 0 Å². The Balaban J connectivity index is 1.60. The van der Waals surface area contributed by atoms with Gasteiger partial charge in [-0.05, 0) is 44.5 Å². The fraction of sp³-hybridized carbons (Fsp3) is 0.619. The van der Waals surface area contributed by atoms with Crippen molar-refractivity contribution in [2.24, 2.45) is 5.92 Å². The Morgan fingerprint density at radius 1 is 1.04 bits per heavy atom. The minimum atomic E-state index is 0.701. The molecular weight excluding hydrogens is 338 g/mol. The highest BCUT2D eigenvalue weighted by molar-refractivity contribution is 5.81. The molecule has 0 bridgehead atoms. The van der Waals surface area contributed by atoms with E-state index in [2.05, 4.69) is 40.8 Å². The fourth-order valence-electron chi connectivity index (χ4n) is 4.27. The maximum atomic E-state index is 5.55. The van der Waals surface area contributed by atoms with Crippen LogP contribution in [0.15, 0.2) is 24.3 Å². The van der Waals surface area contributed by atoms with Gasteiger partial charge in [0, 0.05) is 32.7 Å². The highest BCUT2D eigenvalue weighted by Crippen LogP contribution is 2.32. The summed E-state index contributed by atoms with van der Waals surface area (Å²) >= 11 is 0. The van der Waals surface area contributed by atoms with Crippen LogP contribution in [-0.2, 0) is 4.74 Å². The molecule has 4 rings (SSSR count). The predicted molar refractivity (Wildman–Crippen MR) is 111 cm³/mol. The molecule has 0 amide bonds. The molecule has 27 heavy (non-hydrogen) atoms. The van der Waals surface area contributed by atoms with Crippen LogP contribution in [0.2, 0.25) is 0 Å². The maximum Gasteiger partial charge on any atom is 0.172 e. The minimum Gasteiger partial charge on any atom is -0.378 e. The number of benzene rings is 1. The molecule has 6 heteroatoms. The van der Waals surface area contributed by atoms with Crippen LogP contribution in [-0.4, -0.2) is 74.4 Å². The zero-order valence-electron chi connectivity index (χ0n) is 16.6. The molecule has 146 valence electrons.